The first kappa shape index (κ1) is 10.5. The highest BCUT2D eigenvalue weighted by molar-refractivity contribution is 7.80. The summed E-state index contributed by atoms with van der Waals surface area (Å²) in [5.74, 6) is 0.907. The van der Waals surface area contributed by atoms with Crippen molar-refractivity contribution in [1.82, 2.24) is 4.98 Å². The summed E-state index contributed by atoms with van der Waals surface area (Å²) >= 11 is 4.11. The van der Waals surface area contributed by atoms with Crippen molar-refractivity contribution in [3.05, 3.63) is 30.1 Å². The first-order valence-electron chi connectivity index (χ1n) is 3.93. The molecule has 0 spiro atoms. The van der Waals surface area contributed by atoms with Crippen molar-refractivity contribution >= 4 is 12.6 Å². The molecule has 0 N–H and O–H groups in total. The van der Waals surface area contributed by atoms with E-state index in [1.54, 1.807) is 12.4 Å². The van der Waals surface area contributed by atoms with Gasteiger partial charge in [-0.2, -0.15) is 12.6 Å². The molecule has 11 heavy (non-hydrogen) atoms. The summed E-state index contributed by atoms with van der Waals surface area (Å²) in [7, 11) is 0. The van der Waals surface area contributed by atoms with Gasteiger partial charge in [-0.05, 0) is 29.9 Å². The Bertz CT molecular complexity index is 162. The second-order valence-electron chi connectivity index (χ2n) is 1.83. The maximum atomic E-state index is 4.11. The molecule has 1 rings (SSSR count). The first-order chi connectivity index (χ1) is 5.43. The third-order valence-electron chi connectivity index (χ3n) is 1.15. The third-order valence-corrected chi connectivity index (χ3v) is 1.37. The number of thiol groups is 1. The van der Waals surface area contributed by atoms with E-state index in [2.05, 4.69) is 17.6 Å². The lowest BCUT2D eigenvalue weighted by Crippen LogP contribution is -1.84. The van der Waals surface area contributed by atoms with E-state index >= 15 is 0 Å². The topological polar surface area (TPSA) is 12.9 Å². The van der Waals surface area contributed by atoms with Gasteiger partial charge < -0.3 is 0 Å². The predicted octanol–water partition coefficient (Wildman–Crippen LogP) is 2.58. The van der Waals surface area contributed by atoms with Crippen LogP contribution in [0.15, 0.2) is 24.5 Å². The van der Waals surface area contributed by atoms with Crippen LogP contribution >= 0.6 is 12.6 Å². The summed E-state index contributed by atoms with van der Waals surface area (Å²) in [5.41, 5.74) is 1.31. The van der Waals surface area contributed by atoms with Crippen molar-refractivity contribution in [1.29, 1.82) is 0 Å². The molecular weight excluding hydrogens is 154 g/mol. The highest BCUT2D eigenvalue weighted by Gasteiger charge is 1.85. The smallest absolute Gasteiger partial charge is 0.0270 e. The van der Waals surface area contributed by atoms with Gasteiger partial charge in [0, 0.05) is 12.4 Å². The Hall–Kier alpha value is -0.500. The fourth-order valence-corrected chi connectivity index (χ4v) is 0.937. The summed E-state index contributed by atoms with van der Waals surface area (Å²) in [6, 6.07) is 4.02. The van der Waals surface area contributed by atoms with Gasteiger partial charge >= 0.3 is 0 Å². The quantitative estimate of drug-likeness (QED) is 0.671. The molecule has 62 valence electrons. The van der Waals surface area contributed by atoms with Gasteiger partial charge in [-0.3, -0.25) is 4.98 Å². The van der Waals surface area contributed by atoms with E-state index in [0.29, 0.717) is 0 Å². The van der Waals surface area contributed by atoms with Crippen molar-refractivity contribution < 1.29 is 0 Å². The fraction of sp³-hybridized carbons (Fsp3) is 0.444. The Morgan fingerprint density at radius 3 is 2.27 bits per heavy atom. The standard InChI is InChI=1S/C7H9NS.C2H6/c9-6-3-7-1-4-8-5-2-7;1-2/h1-2,4-5,9H,3,6H2;1-2H3. The van der Waals surface area contributed by atoms with Crippen LogP contribution in [0, 0.1) is 0 Å². The average molecular weight is 169 g/mol. The van der Waals surface area contributed by atoms with Crippen molar-refractivity contribution in [3.8, 4) is 0 Å². The second-order valence-corrected chi connectivity index (χ2v) is 2.28. The number of hydrogen-bond donors (Lipinski definition) is 1. The molecule has 1 nitrogen and oxygen atoms in total. The minimum Gasteiger partial charge on any atom is -0.265 e. The lowest BCUT2D eigenvalue weighted by molar-refractivity contribution is 1.14. The molecule has 2 heteroatoms. The lowest BCUT2D eigenvalue weighted by atomic mass is 10.2. The molecule has 0 saturated carbocycles. The molecule has 0 atom stereocenters. The molecule has 0 saturated heterocycles. The molecule has 0 amide bonds. The molecule has 1 heterocycles. The Labute approximate surface area is 74.3 Å². The lowest BCUT2D eigenvalue weighted by Gasteiger charge is -1.92. The van der Waals surface area contributed by atoms with Gasteiger partial charge in [0.15, 0.2) is 0 Å². The molecule has 1 aromatic rings. The van der Waals surface area contributed by atoms with Crippen LogP contribution in [-0.4, -0.2) is 10.7 Å². The molecule has 0 aliphatic carbocycles. The van der Waals surface area contributed by atoms with Crippen LogP contribution in [0.25, 0.3) is 0 Å². The van der Waals surface area contributed by atoms with Gasteiger partial charge in [0.05, 0.1) is 0 Å². The van der Waals surface area contributed by atoms with Crippen molar-refractivity contribution in [2.24, 2.45) is 0 Å². The maximum absolute atomic E-state index is 4.11. The first-order valence-corrected chi connectivity index (χ1v) is 4.56. The van der Waals surface area contributed by atoms with Crippen molar-refractivity contribution in [2.75, 3.05) is 5.75 Å². The van der Waals surface area contributed by atoms with Crippen molar-refractivity contribution in [2.45, 2.75) is 20.3 Å². The number of rotatable bonds is 2. The fourth-order valence-electron chi connectivity index (χ4n) is 0.679. The van der Waals surface area contributed by atoms with Gasteiger partial charge in [0.2, 0.25) is 0 Å². The molecule has 0 bridgehead atoms. The average Bonchev–Trinajstić information content (AvgIpc) is 2.11. The van der Waals surface area contributed by atoms with E-state index in [1.807, 2.05) is 26.0 Å². The van der Waals surface area contributed by atoms with E-state index in [4.69, 9.17) is 0 Å². The van der Waals surface area contributed by atoms with Crippen LogP contribution in [0.4, 0.5) is 0 Å². The van der Waals surface area contributed by atoms with Crippen LogP contribution in [0.3, 0.4) is 0 Å². The predicted molar refractivity (Wildman–Crippen MR) is 53.1 cm³/mol. The van der Waals surface area contributed by atoms with Crippen LogP contribution < -0.4 is 0 Å². The van der Waals surface area contributed by atoms with Crippen LogP contribution in [0.1, 0.15) is 19.4 Å². The van der Waals surface area contributed by atoms with Gasteiger partial charge in [-0.1, -0.05) is 13.8 Å². The molecular formula is C9H15NS. The second kappa shape index (κ2) is 7.61. The molecule has 0 aliphatic heterocycles. The molecule has 0 aromatic carbocycles. The number of aromatic nitrogens is 1. The summed E-state index contributed by atoms with van der Waals surface area (Å²) in [5, 5.41) is 0. The number of hydrogen-bond acceptors (Lipinski definition) is 2. The maximum Gasteiger partial charge on any atom is 0.0270 e. The Kier molecular flexibility index (Phi) is 7.26. The molecule has 0 aliphatic rings. The normalized spacial score (nSPS) is 8.27. The van der Waals surface area contributed by atoms with E-state index in [0.717, 1.165) is 12.2 Å². The molecule has 0 radical (unpaired) electrons. The van der Waals surface area contributed by atoms with Crippen LogP contribution in [0.5, 0.6) is 0 Å². The van der Waals surface area contributed by atoms with Crippen molar-refractivity contribution in [3.63, 3.8) is 0 Å². The Morgan fingerprint density at radius 2 is 1.82 bits per heavy atom. The number of nitrogens with zero attached hydrogens (tertiary/aromatic N) is 1. The number of aryl methyl sites for hydroxylation is 1. The monoisotopic (exact) mass is 169 g/mol. The molecule has 1 aromatic heterocycles. The Morgan fingerprint density at radius 1 is 1.27 bits per heavy atom. The zero-order chi connectivity index (χ0) is 8.53. The van der Waals surface area contributed by atoms with E-state index in [-0.39, 0.29) is 0 Å². The zero-order valence-electron chi connectivity index (χ0n) is 7.12. The van der Waals surface area contributed by atoms with E-state index in [1.165, 1.54) is 5.56 Å². The molecule has 0 unspecified atom stereocenters. The van der Waals surface area contributed by atoms with Gasteiger partial charge in [0.1, 0.15) is 0 Å². The van der Waals surface area contributed by atoms with Gasteiger partial charge in [-0.15, -0.1) is 0 Å². The summed E-state index contributed by atoms with van der Waals surface area (Å²) < 4.78 is 0. The Balaban J connectivity index is 0.000000461. The van der Waals surface area contributed by atoms with E-state index < -0.39 is 0 Å². The zero-order valence-corrected chi connectivity index (χ0v) is 8.01. The largest absolute Gasteiger partial charge is 0.265 e. The van der Waals surface area contributed by atoms with Crippen LogP contribution in [-0.2, 0) is 6.42 Å². The highest BCUT2D eigenvalue weighted by atomic mass is 32.1. The SMILES string of the molecule is CC.SCCc1ccncc1. The van der Waals surface area contributed by atoms with Crippen LogP contribution in [0.2, 0.25) is 0 Å². The number of pyridine rings is 1. The molecule has 0 fully saturated rings. The minimum atomic E-state index is 0.907. The third kappa shape index (κ3) is 4.85. The highest BCUT2D eigenvalue weighted by Crippen LogP contribution is 1.97. The van der Waals surface area contributed by atoms with Gasteiger partial charge in [0.25, 0.3) is 0 Å². The summed E-state index contributed by atoms with van der Waals surface area (Å²) in [6.45, 7) is 4.00. The summed E-state index contributed by atoms with van der Waals surface area (Å²) in [6.07, 6.45) is 4.64. The van der Waals surface area contributed by atoms with Gasteiger partial charge in [-0.25, -0.2) is 0 Å². The summed E-state index contributed by atoms with van der Waals surface area (Å²) in [4.78, 5) is 3.90. The van der Waals surface area contributed by atoms with E-state index in [9.17, 15) is 0 Å². The minimum absolute atomic E-state index is 0.907.